The maximum Gasteiger partial charge on any atom is 0.0575 e. The van der Waals surface area contributed by atoms with Crippen LogP contribution in [0.5, 0.6) is 0 Å². The highest BCUT2D eigenvalue weighted by molar-refractivity contribution is 4.72. The molecule has 1 rings (SSSR count). The summed E-state index contributed by atoms with van der Waals surface area (Å²) in [5, 5.41) is 1.95. The number of hydrogen-bond donors (Lipinski definition) is 0. The molecule has 2 radical (unpaired) electrons. The summed E-state index contributed by atoms with van der Waals surface area (Å²) in [6.45, 7) is 2.02. The van der Waals surface area contributed by atoms with Crippen molar-refractivity contribution >= 4 is 0 Å². The Kier molecular flexibility index (Phi) is 2.30. The Bertz CT molecular complexity index is 59.5. The zero-order valence-electron chi connectivity index (χ0n) is 5.18. The predicted octanol–water partition coefficient (Wildman–Crippen LogP) is 0.725. The third kappa shape index (κ3) is 1.46. The molecule has 0 aromatic rings. The molecule has 0 N–H and O–H groups in total. The van der Waals surface area contributed by atoms with Crippen LogP contribution in [0.1, 0.15) is 12.8 Å². The number of nitrogens with zero attached hydrogens (tertiary/aromatic N) is 1. The van der Waals surface area contributed by atoms with Crippen molar-refractivity contribution in [1.29, 1.82) is 0 Å². The van der Waals surface area contributed by atoms with Gasteiger partial charge < -0.3 is 4.84 Å². The van der Waals surface area contributed by atoms with E-state index in [9.17, 15) is 0 Å². The first-order valence-electron chi connectivity index (χ1n) is 2.93. The van der Waals surface area contributed by atoms with Crippen molar-refractivity contribution < 1.29 is 4.84 Å². The van der Waals surface area contributed by atoms with Gasteiger partial charge in [-0.15, -0.1) is 0 Å². The minimum atomic E-state index is 1.01. The van der Waals surface area contributed by atoms with E-state index >= 15 is 0 Å². The molecular formula is C6H11NO. The Morgan fingerprint density at radius 3 is 2.38 bits per heavy atom. The SMILES string of the molecule is CON1CC[C]CC1. The molecule has 0 saturated carbocycles. The van der Waals surface area contributed by atoms with Crippen LogP contribution in [0.3, 0.4) is 0 Å². The smallest absolute Gasteiger partial charge is 0.0575 e. The molecule has 0 aromatic heterocycles. The zero-order chi connectivity index (χ0) is 5.82. The molecule has 0 aliphatic carbocycles. The molecule has 1 heterocycles. The summed E-state index contributed by atoms with van der Waals surface area (Å²) >= 11 is 0. The lowest BCUT2D eigenvalue weighted by molar-refractivity contribution is -0.136. The van der Waals surface area contributed by atoms with E-state index in [1.165, 1.54) is 0 Å². The van der Waals surface area contributed by atoms with Gasteiger partial charge in [-0.05, 0) is 19.3 Å². The first-order chi connectivity index (χ1) is 3.93. The minimum absolute atomic E-state index is 1.01. The molecule has 0 unspecified atom stereocenters. The molecule has 46 valence electrons. The van der Waals surface area contributed by atoms with E-state index in [1.807, 2.05) is 5.06 Å². The highest BCUT2D eigenvalue weighted by atomic mass is 16.7. The van der Waals surface area contributed by atoms with Crippen molar-refractivity contribution in [2.24, 2.45) is 0 Å². The van der Waals surface area contributed by atoms with Crippen LogP contribution in [0, 0.1) is 6.42 Å². The van der Waals surface area contributed by atoms with E-state index in [-0.39, 0.29) is 0 Å². The molecule has 1 aliphatic heterocycles. The normalized spacial score (nSPS) is 23.6. The van der Waals surface area contributed by atoms with Gasteiger partial charge in [-0.25, -0.2) is 0 Å². The fourth-order valence-corrected chi connectivity index (χ4v) is 0.827. The third-order valence-corrected chi connectivity index (χ3v) is 1.33. The standard InChI is InChI=1S/C6H11NO/c1-8-7-5-3-2-4-6-7/h3-6H2,1H3. The summed E-state index contributed by atoms with van der Waals surface area (Å²) in [6.07, 6.45) is 5.33. The lowest BCUT2D eigenvalue weighted by atomic mass is 10.2. The Balaban J connectivity index is 2.13. The molecule has 0 atom stereocenters. The second-order valence-electron chi connectivity index (χ2n) is 1.86. The van der Waals surface area contributed by atoms with Gasteiger partial charge in [0.05, 0.1) is 7.11 Å². The van der Waals surface area contributed by atoms with E-state index in [1.54, 1.807) is 7.11 Å². The zero-order valence-corrected chi connectivity index (χ0v) is 5.18. The van der Waals surface area contributed by atoms with Crippen LogP contribution >= 0.6 is 0 Å². The van der Waals surface area contributed by atoms with Crippen LogP contribution < -0.4 is 0 Å². The topological polar surface area (TPSA) is 12.5 Å². The Morgan fingerprint density at radius 2 is 2.00 bits per heavy atom. The highest BCUT2D eigenvalue weighted by Gasteiger charge is 2.07. The van der Waals surface area contributed by atoms with Gasteiger partial charge in [-0.3, -0.25) is 0 Å². The van der Waals surface area contributed by atoms with Crippen molar-refractivity contribution in [3.63, 3.8) is 0 Å². The van der Waals surface area contributed by atoms with E-state index < -0.39 is 0 Å². The van der Waals surface area contributed by atoms with Crippen molar-refractivity contribution in [2.75, 3.05) is 20.2 Å². The Morgan fingerprint density at radius 1 is 1.38 bits per heavy atom. The van der Waals surface area contributed by atoms with Crippen molar-refractivity contribution in [2.45, 2.75) is 12.8 Å². The molecular weight excluding hydrogens is 102 g/mol. The van der Waals surface area contributed by atoms with Crippen LogP contribution in [0.4, 0.5) is 0 Å². The van der Waals surface area contributed by atoms with Gasteiger partial charge >= 0.3 is 0 Å². The first-order valence-corrected chi connectivity index (χ1v) is 2.93. The average molecular weight is 113 g/mol. The average Bonchev–Trinajstić information content (AvgIpc) is 1.90. The largest absolute Gasteiger partial charge is 0.302 e. The van der Waals surface area contributed by atoms with Crippen LogP contribution in [-0.4, -0.2) is 25.3 Å². The fraction of sp³-hybridized carbons (Fsp3) is 0.833. The molecule has 8 heavy (non-hydrogen) atoms. The molecule has 0 aromatic carbocycles. The Labute approximate surface area is 50.4 Å². The lowest BCUT2D eigenvalue weighted by Crippen LogP contribution is -2.28. The first kappa shape index (κ1) is 6.05. The molecule has 2 heteroatoms. The van der Waals surface area contributed by atoms with Crippen LogP contribution in [-0.2, 0) is 4.84 Å². The summed E-state index contributed by atoms with van der Waals surface area (Å²) in [5.41, 5.74) is 0. The second-order valence-corrected chi connectivity index (χ2v) is 1.86. The fourth-order valence-electron chi connectivity index (χ4n) is 0.827. The highest BCUT2D eigenvalue weighted by Crippen LogP contribution is 2.05. The number of hydrogen-bond acceptors (Lipinski definition) is 2. The van der Waals surface area contributed by atoms with Crippen LogP contribution in [0.25, 0.3) is 0 Å². The number of rotatable bonds is 1. The maximum absolute atomic E-state index is 4.98. The summed E-state index contributed by atoms with van der Waals surface area (Å²) in [4.78, 5) is 4.98. The molecule has 0 spiro atoms. The molecule has 1 fully saturated rings. The molecule has 1 aliphatic rings. The van der Waals surface area contributed by atoms with Crippen LogP contribution in [0.15, 0.2) is 0 Å². The summed E-state index contributed by atoms with van der Waals surface area (Å²) in [6, 6.07) is 0. The molecule has 2 nitrogen and oxygen atoms in total. The lowest BCUT2D eigenvalue weighted by Gasteiger charge is -2.22. The van der Waals surface area contributed by atoms with Gasteiger partial charge in [0.15, 0.2) is 0 Å². The monoisotopic (exact) mass is 113 g/mol. The summed E-state index contributed by atoms with van der Waals surface area (Å²) in [5.74, 6) is 0. The molecule has 0 bridgehead atoms. The van der Waals surface area contributed by atoms with Crippen LogP contribution in [0.2, 0.25) is 0 Å². The van der Waals surface area contributed by atoms with E-state index in [0.29, 0.717) is 0 Å². The number of piperidine rings is 1. The number of hydroxylamine groups is 2. The predicted molar refractivity (Wildman–Crippen MR) is 31.1 cm³/mol. The minimum Gasteiger partial charge on any atom is -0.302 e. The van der Waals surface area contributed by atoms with Crippen molar-refractivity contribution in [3.8, 4) is 0 Å². The van der Waals surface area contributed by atoms with Gasteiger partial charge in [0.2, 0.25) is 0 Å². The van der Waals surface area contributed by atoms with Crippen molar-refractivity contribution in [1.82, 2.24) is 5.06 Å². The Hall–Kier alpha value is -0.0800. The quantitative estimate of drug-likeness (QED) is 0.497. The van der Waals surface area contributed by atoms with E-state index in [4.69, 9.17) is 4.84 Å². The van der Waals surface area contributed by atoms with Crippen molar-refractivity contribution in [3.05, 3.63) is 6.42 Å². The summed E-state index contributed by atoms with van der Waals surface area (Å²) < 4.78 is 0. The van der Waals surface area contributed by atoms with Gasteiger partial charge in [0.25, 0.3) is 0 Å². The third-order valence-electron chi connectivity index (χ3n) is 1.33. The van der Waals surface area contributed by atoms with Gasteiger partial charge in [0, 0.05) is 13.1 Å². The van der Waals surface area contributed by atoms with E-state index in [2.05, 4.69) is 6.42 Å². The van der Waals surface area contributed by atoms with Gasteiger partial charge in [0.1, 0.15) is 0 Å². The maximum atomic E-state index is 4.98. The molecule has 0 amide bonds. The second kappa shape index (κ2) is 3.05. The van der Waals surface area contributed by atoms with Gasteiger partial charge in [-0.2, -0.15) is 5.06 Å². The summed E-state index contributed by atoms with van der Waals surface area (Å²) in [7, 11) is 1.71. The molecule has 1 saturated heterocycles. The van der Waals surface area contributed by atoms with Gasteiger partial charge in [-0.1, -0.05) is 0 Å². The van der Waals surface area contributed by atoms with E-state index in [0.717, 1.165) is 25.9 Å².